The Balaban J connectivity index is 1.90. The molecule has 1 aliphatic rings. The van der Waals surface area contributed by atoms with Crippen molar-refractivity contribution in [1.29, 1.82) is 0 Å². The summed E-state index contributed by atoms with van der Waals surface area (Å²) in [4.78, 5) is 43.4. The molecule has 2 unspecified atom stereocenters. The van der Waals surface area contributed by atoms with E-state index < -0.39 is 17.6 Å². The van der Waals surface area contributed by atoms with Gasteiger partial charge in [-0.1, -0.05) is 54.6 Å². The summed E-state index contributed by atoms with van der Waals surface area (Å²) < 4.78 is 0. The van der Waals surface area contributed by atoms with Crippen LogP contribution in [0.5, 0.6) is 0 Å². The molecule has 198 valence electrons. The molecule has 0 bridgehead atoms. The maximum Gasteiger partial charge on any atom is 0.320 e. The van der Waals surface area contributed by atoms with Crippen LogP contribution in [0.3, 0.4) is 0 Å². The van der Waals surface area contributed by atoms with E-state index in [1.54, 1.807) is 6.07 Å². The van der Waals surface area contributed by atoms with E-state index in [2.05, 4.69) is 5.32 Å². The highest BCUT2D eigenvalue weighted by atomic mass is 16.2. The summed E-state index contributed by atoms with van der Waals surface area (Å²) in [7, 11) is 0. The third-order valence-corrected chi connectivity index (χ3v) is 6.71. The number of hydrogen-bond donors (Lipinski definition) is 2. The standard InChI is InChI=1S/C31H36N4O3/c1-20-10-9-13-23(16-20)35(30(32)38)27-18-25(22-11-7-6-8-12-22)24-15-14-21(2)17-26(24)34(29(27)37)19-28(36)33-31(3,4)5/h6-17,25,27H,18-19H2,1-5H3,(H2,32,38)(H,33,36). The van der Waals surface area contributed by atoms with Gasteiger partial charge in [0, 0.05) is 22.8 Å². The molecule has 0 spiro atoms. The fourth-order valence-corrected chi connectivity index (χ4v) is 5.15. The maximum absolute atomic E-state index is 14.4. The number of fused-ring (bicyclic) bond motifs is 1. The van der Waals surface area contributed by atoms with Gasteiger partial charge in [-0.05, 0) is 81.5 Å². The van der Waals surface area contributed by atoms with Crippen LogP contribution in [-0.4, -0.2) is 36.0 Å². The van der Waals surface area contributed by atoms with E-state index in [1.165, 1.54) is 9.80 Å². The Morgan fingerprint density at radius 3 is 2.29 bits per heavy atom. The van der Waals surface area contributed by atoms with Crippen LogP contribution < -0.4 is 20.9 Å². The fraction of sp³-hybridized carbons (Fsp3) is 0.323. The number of urea groups is 1. The molecule has 3 N–H and O–H groups in total. The SMILES string of the molecule is Cc1cccc(N(C(N)=O)C2CC(c3ccccc3)c3ccc(C)cc3N(CC(=O)NC(C)(C)C)C2=O)c1. The minimum Gasteiger partial charge on any atom is -0.351 e. The number of primary amides is 1. The summed E-state index contributed by atoms with van der Waals surface area (Å²) in [6, 6.07) is 21.6. The molecule has 0 aromatic heterocycles. The topological polar surface area (TPSA) is 95.7 Å². The van der Waals surface area contributed by atoms with E-state index in [1.807, 2.05) is 101 Å². The van der Waals surface area contributed by atoms with Gasteiger partial charge in [0.05, 0.1) is 0 Å². The number of carbonyl (C=O) groups is 3. The molecule has 0 fully saturated rings. The normalized spacial score (nSPS) is 17.4. The Kier molecular flexibility index (Phi) is 7.58. The minimum atomic E-state index is -0.922. The number of rotatable bonds is 5. The molecule has 0 saturated heterocycles. The predicted octanol–water partition coefficient (Wildman–Crippen LogP) is 5.04. The molecule has 0 aliphatic carbocycles. The van der Waals surface area contributed by atoms with Gasteiger partial charge in [0.25, 0.3) is 5.91 Å². The van der Waals surface area contributed by atoms with Gasteiger partial charge in [0.1, 0.15) is 12.6 Å². The van der Waals surface area contributed by atoms with Crippen LogP contribution in [-0.2, 0) is 9.59 Å². The van der Waals surface area contributed by atoms with E-state index in [0.717, 1.165) is 22.3 Å². The van der Waals surface area contributed by atoms with E-state index >= 15 is 0 Å². The average Bonchev–Trinajstić information content (AvgIpc) is 2.94. The van der Waals surface area contributed by atoms with Gasteiger partial charge in [0.2, 0.25) is 5.91 Å². The van der Waals surface area contributed by atoms with Crippen molar-refractivity contribution in [3.05, 3.63) is 95.1 Å². The maximum atomic E-state index is 14.4. The van der Waals surface area contributed by atoms with Crippen molar-refractivity contribution >= 4 is 29.2 Å². The second kappa shape index (κ2) is 10.7. The van der Waals surface area contributed by atoms with Gasteiger partial charge in [-0.3, -0.25) is 14.5 Å². The summed E-state index contributed by atoms with van der Waals surface area (Å²) in [5, 5.41) is 2.96. The average molecular weight is 513 g/mol. The van der Waals surface area contributed by atoms with Crippen LogP contribution >= 0.6 is 0 Å². The van der Waals surface area contributed by atoms with Crippen LogP contribution in [0.15, 0.2) is 72.8 Å². The quantitative estimate of drug-likeness (QED) is 0.501. The molecule has 3 aromatic carbocycles. The molecule has 0 saturated carbocycles. The van der Waals surface area contributed by atoms with Crippen LogP contribution in [0, 0.1) is 13.8 Å². The zero-order chi connectivity index (χ0) is 27.6. The lowest BCUT2D eigenvalue weighted by Gasteiger charge is -2.33. The molecule has 0 radical (unpaired) electrons. The highest BCUT2D eigenvalue weighted by Gasteiger charge is 2.41. The Morgan fingerprint density at radius 1 is 0.974 bits per heavy atom. The fourth-order valence-electron chi connectivity index (χ4n) is 5.15. The van der Waals surface area contributed by atoms with Gasteiger partial charge in [-0.25, -0.2) is 4.79 Å². The van der Waals surface area contributed by atoms with Crippen molar-refractivity contribution in [1.82, 2.24) is 5.32 Å². The molecule has 2 atom stereocenters. The number of amides is 4. The molecule has 7 nitrogen and oxygen atoms in total. The highest BCUT2D eigenvalue weighted by molar-refractivity contribution is 6.08. The summed E-state index contributed by atoms with van der Waals surface area (Å²) in [6.45, 7) is 9.40. The molecule has 7 heteroatoms. The zero-order valence-corrected chi connectivity index (χ0v) is 22.7. The van der Waals surface area contributed by atoms with E-state index in [9.17, 15) is 14.4 Å². The third kappa shape index (κ3) is 5.88. The lowest BCUT2D eigenvalue weighted by molar-refractivity contribution is -0.125. The number of nitrogens with one attached hydrogen (secondary N) is 1. The van der Waals surface area contributed by atoms with Crippen molar-refractivity contribution in [3.63, 3.8) is 0 Å². The van der Waals surface area contributed by atoms with Gasteiger partial charge < -0.3 is 16.0 Å². The number of anilines is 2. The summed E-state index contributed by atoms with van der Waals surface area (Å²) >= 11 is 0. The first-order chi connectivity index (χ1) is 17.9. The first-order valence-corrected chi connectivity index (χ1v) is 12.9. The number of carbonyl (C=O) groups excluding carboxylic acids is 3. The number of hydrogen-bond acceptors (Lipinski definition) is 3. The Hall–Kier alpha value is -4.13. The molecule has 3 aromatic rings. The van der Waals surface area contributed by atoms with Crippen LogP contribution in [0.1, 0.15) is 55.4 Å². The molecular weight excluding hydrogens is 476 g/mol. The van der Waals surface area contributed by atoms with Crippen LogP contribution in [0.25, 0.3) is 0 Å². The van der Waals surface area contributed by atoms with Crippen molar-refractivity contribution in [3.8, 4) is 0 Å². The van der Waals surface area contributed by atoms with Crippen molar-refractivity contribution in [2.45, 2.75) is 58.5 Å². The van der Waals surface area contributed by atoms with E-state index in [-0.39, 0.29) is 24.3 Å². The van der Waals surface area contributed by atoms with Gasteiger partial charge in [0.15, 0.2) is 0 Å². The molecular formula is C31H36N4O3. The van der Waals surface area contributed by atoms with Crippen LogP contribution in [0.2, 0.25) is 0 Å². The van der Waals surface area contributed by atoms with Gasteiger partial charge in [-0.2, -0.15) is 0 Å². The lowest BCUT2D eigenvalue weighted by atomic mass is 9.85. The predicted molar refractivity (Wildman–Crippen MR) is 151 cm³/mol. The van der Waals surface area contributed by atoms with E-state index in [4.69, 9.17) is 5.73 Å². The van der Waals surface area contributed by atoms with Crippen molar-refractivity contribution < 1.29 is 14.4 Å². The largest absolute Gasteiger partial charge is 0.351 e. The molecule has 38 heavy (non-hydrogen) atoms. The number of benzene rings is 3. The first-order valence-electron chi connectivity index (χ1n) is 12.9. The minimum absolute atomic E-state index is 0.176. The van der Waals surface area contributed by atoms with Gasteiger partial charge >= 0.3 is 6.03 Å². The lowest BCUT2D eigenvalue weighted by Crippen LogP contribution is -2.55. The number of aryl methyl sites for hydroxylation is 2. The summed E-state index contributed by atoms with van der Waals surface area (Å²) in [6.07, 6.45) is 0.313. The highest BCUT2D eigenvalue weighted by Crippen LogP contribution is 2.41. The molecule has 1 aliphatic heterocycles. The monoisotopic (exact) mass is 512 g/mol. The molecule has 4 rings (SSSR count). The Bertz CT molecular complexity index is 1350. The van der Waals surface area contributed by atoms with Crippen molar-refractivity contribution in [2.75, 3.05) is 16.3 Å². The van der Waals surface area contributed by atoms with E-state index in [0.29, 0.717) is 17.8 Å². The molecule has 1 heterocycles. The van der Waals surface area contributed by atoms with Gasteiger partial charge in [-0.15, -0.1) is 0 Å². The first kappa shape index (κ1) is 26.9. The molecule has 4 amide bonds. The number of nitrogens with two attached hydrogens (primary N) is 1. The summed E-state index contributed by atoms with van der Waals surface area (Å²) in [5.74, 6) is -0.834. The Labute approximate surface area is 224 Å². The van der Waals surface area contributed by atoms with Crippen molar-refractivity contribution in [2.24, 2.45) is 5.73 Å². The number of nitrogens with zero attached hydrogens (tertiary/aromatic N) is 2. The second-order valence-corrected chi connectivity index (χ2v) is 11.0. The smallest absolute Gasteiger partial charge is 0.320 e. The summed E-state index contributed by atoms with van der Waals surface area (Å²) in [5.41, 5.74) is 10.5. The Morgan fingerprint density at radius 2 is 1.66 bits per heavy atom. The third-order valence-electron chi connectivity index (χ3n) is 6.71. The zero-order valence-electron chi connectivity index (χ0n) is 22.7. The second-order valence-electron chi connectivity index (χ2n) is 11.0. The van der Waals surface area contributed by atoms with Crippen LogP contribution in [0.4, 0.5) is 16.2 Å².